The number of hydrogen-bond donors (Lipinski definition) is 2. The molecule has 0 bridgehead atoms. The van der Waals surface area contributed by atoms with E-state index in [1.165, 1.54) is 0 Å². The summed E-state index contributed by atoms with van der Waals surface area (Å²) >= 11 is 0. The van der Waals surface area contributed by atoms with Gasteiger partial charge in [-0.25, -0.2) is 0 Å². The minimum atomic E-state index is 0.593. The molecule has 0 radical (unpaired) electrons. The van der Waals surface area contributed by atoms with E-state index < -0.39 is 0 Å². The summed E-state index contributed by atoms with van der Waals surface area (Å²) in [6, 6.07) is 16.5. The van der Waals surface area contributed by atoms with Crippen LogP contribution in [-0.2, 0) is 0 Å². The average molecular weight is 334 g/mol. The molecule has 2 aromatic rings. The molecule has 2 aromatic carbocycles. The molecule has 2 heterocycles. The summed E-state index contributed by atoms with van der Waals surface area (Å²) in [4.78, 5) is 4.46. The lowest BCUT2D eigenvalue weighted by Crippen LogP contribution is -2.31. The van der Waals surface area contributed by atoms with Gasteiger partial charge in [-0.2, -0.15) is 0 Å². The van der Waals surface area contributed by atoms with Crippen molar-refractivity contribution in [2.24, 2.45) is 5.73 Å². The van der Waals surface area contributed by atoms with Gasteiger partial charge in [-0.05, 0) is 31.2 Å². The highest BCUT2D eigenvalue weighted by molar-refractivity contribution is 5.92. The van der Waals surface area contributed by atoms with Crippen molar-refractivity contribution < 1.29 is 4.74 Å². The van der Waals surface area contributed by atoms with Crippen LogP contribution in [0.25, 0.3) is 5.70 Å². The number of anilines is 2. The third kappa shape index (κ3) is 2.72. The molecule has 5 heteroatoms. The molecule has 0 aliphatic carbocycles. The number of nitrogens with one attached hydrogen (secondary N) is 1. The van der Waals surface area contributed by atoms with Crippen LogP contribution in [0.3, 0.4) is 0 Å². The van der Waals surface area contributed by atoms with Crippen molar-refractivity contribution in [3.63, 3.8) is 0 Å². The van der Waals surface area contributed by atoms with Crippen molar-refractivity contribution in [3.05, 3.63) is 72.3 Å². The molecule has 0 atom stereocenters. The monoisotopic (exact) mass is 334 g/mol. The van der Waals surface area contributed by atoms with E-state index in [0.29, 0.717) is 13.2 Å². The Morgan fingerprint density at radius 3 is 2.84 bits per heavy atom. The fourth-order valence-corrected chi connectivity index (χ4v) is 3.29. The Morgan fingerprint density at radius 2 is 2.00 bits per heavy atom. The molecule has 3 N–H and O–H groups in total. The molecule has 5 nitrogen and oxygen atoms in total. The smallest absolute Gasteiger partial charge is 0.134 e. The topological polar surface area (TPSA) is 53.8 Å². The predicted molar refractivity (Wildman–Crippen MR) is 102 cm³/mol. The molecule has 4 rings (SSSR count). The van der Waals surface area contributed by atoms with Gasteiger partial charge >= 0.3 is 0 Å². The molecular formula is C20H22N4O. The Morgan fingerprint density at radius 1 is 1.12 bits per heavy atom. The van der Waals surface area contributed by atoms with Crippen LogP contribution < -0.4 is 20.7 Å². The first-order chi connectivity index (χ1) is 12.3. The lowest BCUT2D eigenvalue weighted by molar-refractivity contribution is 0.340. The van der Waals surface area contributed by atoms with Crippen LogP contribution in [0.1, 0.15) is 12.5 Å². The fourth-order valence-electron chi connectivity index (χ4n) is 3.29. The quantitative estimate of drug-likeness (QED) is 0.878. The van der Waals surface area contributed by atoms with E-state index in [4.69, 9.17) is 10.5 Å². The molecule has 2 aliphatic heterocycles. The van der Waals surface area contributed by atoms with E-state index in [1.54, 1.807) is 0 Å². The Hall–Kier alpha value is -2.92. The highest BCUT2D eigenvalue weighted by Gasteiger charge is 2.32. The van der Waals surface area contributed by atoms with E-state index >= 15 is 0 Å². The van der Waals surface area contributed by atoms with E-state index in [0.717, 1.165) is 40.8 Å². The minimum Gasteiger partial charge on any atom is -0.494 e. The molecule has 25 heavy (non-hydrogen) atoms. The van der Waals surface area contributed by atoms with Crippen LogP contribution in [-0.4, -0.2) is 24.6 Å². The van der Waals surface area contributed by atoms with Crippen molar-refractivity contribution in [2.75, 3.05) is 29.9 Å². The Labute approximate surface area is 148 Å². The van der Waals surface area contributed by atoms with Gasteiger partial charge in [-0.15, -0.1) is 0 Å². The summed E-state index contributed by atoms with van der Waals surface area (Å²) in [6.45, 7) is 4.01. The largest absolute Gasteiger partial charge is 0.494 e. The maximum Gasteiger partial charge on any atom is 0.134 e. The van der Waals surface area contributed by atoms with Crippen molar-refractivity contribution in [1.29, 1.82) is 0 Å². The van der Waals surface area contributed by atoms with Crippen molar-refractivity contribution in [3.8, 4) is 5.75 Å². The first-order valence-electron chi connectivity index (χ1n) is 8.59. The average Bonchev–Trinajstić information content (AvgIpc) is 3.02. The second kappa shape index (κ2) is 6.53. The molecule has 2 aliphatic rings. The molecule has 0 aromatic heterocycles. The number of fused-ring (bicyclic) bond motifs is 3. The van der Waals surface area contributed by atoms with Crippen molar-refractivity contribution in [2.45, 2.75) is 6.92 Å². The van der Waals surface area contributed by atoms with Crippen LogP contribution in [0.2, 0.25) is 0 Å². The van der Waals surface area contributed by atoms with Crippen LogP contribution in [0.4, 0.5) is 11.4 Å². The lowest BCUT2D eigenvalue weighted by atomic mass is 10.1. The molecule has 0 unspecified atom stereocenters. The lowest BCUT2D eigenvalue weighted by Gasteiger charge is -2.32. The van der Waals surface area contributed by atoms with E-state index in [1.807, 2.05) is 31.3 Å². The minimum absolute atomic E-state index is 0.593. The third-order valence-corrected chi connectivity index (χ3v) is 4.35. The number of nitrogens with zero attached hydrogens (tertiary/aromatic N) is 2. The van der Waals surface area contributed by atoms with E-state index in [2.05, 4.69) is 51.6 Å². The summed E-state index contributed by atoms with van der Waals surface area (Å²) < 4.78 is 5.68. The molecule has 0 saturated carbocycles. The zero-order valence-electron chi connectivity index (χ0n) is 14.3. The van der Waals surface area contributed by atoms with Gasteiger partial charge in [0, 0.05) is 31.1 Å². The second-order valence-electron chi connectivity index (χ2n) is 5.96. The van der Waals surface area contributed by atoms with Crippen molar-refractivity contribution in [1.82, 2.24) is 4.90 Å². The first-order valence-corrected chi connectivity index (χ1v) is 8.59. The van der Waals surface area contributed by atoms with Gasteiger partial charge < -0.3 is 20.7 Å². The summed E-state index contributed by atoms with van der Waals surface area (Å²) in [6.07, 6.45) is 4.20. The van der Waals surface area contributed by atoms with Gasteiger partial charge in [-0.1, -0.05) is 24.3 Å². The molecule has 0 saturated heterocycles. The Balaban J connectivity index is 1.80. The highest BCUT2D eigenvalue weighted by atomic mass is 16.5. The zero-order valence-corrected chi connectivity index (χ0v) is 14.3. The van der Waals surface area contributed by atoms with Crippen LogP contribution >= 0.6 is 0 Å². The van der Waals surface area contributed by atoms with Gasteiger partial charge in [0.15, 0.2) is 0 Å². The van der Waals surface area contributed by atoms with Gasteiger partial charge in [-0.3, -0.25) is 4.90 Å². The first kappa shape index (κ1) is 15.6. The molecular weight excluding hydrogens is 312 g/mol. The van der Waals surface area contributed by atoms with Crippen LogP contribution in [0.15, 0.2) is 66.8 Å². The SMILES string of the molecule is CCOc1cccc(C2=CN(CCN)C3=CNc4ccccc4N23)c1. The number of benzene rings is 2. The second-order valence-corrected chi connectivity index (χ2v) is 5.96. The number of para-hydroxylation sites is 2. The number of hydrogen-bond acceptors (Lipinski definition) is 5. The van der Waals surface area contributed by atoms with Gasteiger partial charge in [0.25, 0.3) is 0 Å². The van der Waals surface area contributed by atoms with Crippen LogP contribution in [0, 0.1) is 0 Å². The summed E-state index contributed by atoms with van der Waals surface area (Å²) in [5.74, 6) is 1.97. The predicted octanol–water partition coefficient (Wildman–Crippen LogP) is 3.39. The standard InChI is InChI=1S/C20H22N4O/c1-2-25-16-7-5-6-15(12-16)19-14-23(11-10-21)20-13-22-17-8-3-4-9-18(17)24(19)20/h3-9,12-14,22H,2,10-11,21H2,1H3. The van der Waals surface area contributed by atoms with Gasteiger partial charge in [0.2, 0.25) is 0 Å². The van der Waals surface area contributed by atoms with Gasteiger partial charge in [0.05, 0.1) is 23.7 Å². The summed E-state index contributed by atoms with van der Waals surface area (Å²) in [5.41, 5.74) is 10.3. The van der Waals surface area contributed by atoms with E-state index in [-0.39, 0.29) is 0 Å². The van der Waals surface area contributed by atoms with Gasteiger partial charge in [0.1, 0.15) is 11.6 Å². The maximum absolute atomic E-state index is 5.82. The number of nitrogens with two attached hydrogens (primary N) is 1. The summed E-state index contributed by atoms with van der Waals surface area (Å²) in [7, 11) is 0. The Bertz CT molecular complexity index is 843. The van der Waals surface area contributed by atoms with Crippen LogP contribution in [0.5, 0.6) is 5.75 Å². The Kier molecular flexibility index (Phi) is 4.07. The zero-order chi connectivity index (χ0) is 17.2. The number of ether oxygens (including phenoxy) is 1. The third-order valence-electron chi connectivity index (χ3n) is 4.35. The fraction of sp³-hybridized carbons (Fsp3) is 0.200. The molecule has 0 amide bonds. The molecule has 0 fully saturated rings. The van der Waals surface area contributed by atoms with Crippen molar-refractivity contribution >= 4 is 17.1 Å². The normalized spacial score (nSPS) is 15.1. The molecule has 0 spiro atoms. The molecule has 128 valence electrons. The number of rotatable bonds is 5. The highest BCUT2D eigenvalue weighted by Crippen LogP contribution is 2.43. The summed E-state index contributed by atoms with van der Waals surface area (Å²) in [5, 5.41) is 3.38. The van der Waals surface area contributed by atoms with E-state index in [9.17, 15) is 0 Å². The maximum atomic E-state index is 5.82.